The molecule has 2 aromatic carbocycles. The van der Waals surface area contributed by atoms with Gasteiger partial charge in [-0.15, -0.1) is 5.10 Å². The van der Waals surface area contributed by atoms with Crippen LogP contribution in [0.2, 0.25) is 0 Å². The first-order valence-electron chi connectivity index (χ1n) is 8.61. The highest BCUT2D eigenvalue weighted by Gasteiger charge is 2.28. The fourth-order valence-corrected chi connectivity index (χ4v) is 4.60. The van der Waals surface area contributed by atoms with Gasteiger partial charge in [0.05, 0.1) is 17.1 Å². The minimum Gasteiger partial charge on any atom is -0.282 e. The summed E-state index contributed by atoms with van der Waals surface area (Å²) in [4.78, 5) is 2.56. The van der Waals surface area contributed by atoms with Crippen LogP contribution in [0.1, 0.15) is 5.56 Å². The first kappa shape index (κ1) is 17.1. The van der Waals surface area contributed by atoms with Crippen molar-refractivity contribution in [3.63, 3.8) is 0 Å². The second-order valence-corrected chi connectivity index (χ2v) is 8.49. The van der Waals surface area contributed by atoms with Crippen LogP contribution in [0.5, 0.6) is 0 Å². The minimum absolute atomic E-state index is 0.360. The number of sulfonamides is 1. The Kier molecular flexibility index (Phi) is 4.47. The zero-order chi connectivity index (χ0) is 18.1. The van der Waals surface area contributed by atoms with Gasteiger partial charge in [-0.25, -0.2) is 13.1 Å². The minimum atomic E-state index is -3.43. The molecule has 3 aromatic rings. The summed E-state index contributed by atoms with van der Waals surface area (Å²) >= 11 is 0. The van der Waals surface area contributed by atoms with Gasteiger partial charge in [0.1, 0.15) is 5.52 Å². The lowest BCUT2D eigenvalue weighted by molar-refractivity contribution is 0.147. The number of benzene rings is 2. The van der Waals surface area contributed by atoms with Gasteiger partial charge in [-0.3, -0.25) is 4.90 Å². The molecule has 1 fully saturated rings. The number of aryl methyl sites for hydroxylation is 1. The number of aromatic nitrogens is 3. The summed E-state index contributed by atoms with van der Waals surface area (Å²) in [6.45, 7) is 4.84. The molecule has 1 saturated heterocycles. The van der Waals surface area contributed by atoms with E-state index in [1.807, 2.05) is 48.0 Å². The van der Waals surface area contributed by atoms with E-state index in [0.717, 1.165) is 16.6 Å². The molecule has 7 nitrogen and oxygen atoms in total. The monoisotopic (exact) mass is 371 g/mol. The fraction of sp³-hybridized carbons (Fsp3) is 0.333. The zero-order valence-electron chi connectivity index (χ0n) is 14.6. The number of hydrogen-bond donors (Lipinski definition) is 0. The third-order valence-electron chi connectivity index (χ3n) is 4.74. The molecule has 8 heteroatoms. The first-order valence-corrected chi connectivity index (χ1v) is 10.1. The standard InChI is InChI=1S/C18H21N5O2S/c1-15-6-8-16(9-7-15)26(24,25)22-12-10-21(11-13-22)14-23-18-5-3-2-4-17(18)19-20-23/h2-9H,10-14H2,1H3. The number of piperazine rings is 1. The molecular weight excluding hydrogens is 350 g/mol. The third-order valence-corrected chi connectivity index (χ3v) is 6.66. The van der Waals surface area contributed by atoms with E-state index >= 15 is 0 Å². The summed E-state index contributed by atoms with van der Waals surface area (Å²) < 4.78 is 29.0. The maximum Gasteiger partial charge on any atom is 0.243 e. The van der Waals surface area contributed by atoms with Gasteiger partial charge in [0.2, 0.25) is 10.0 Å². The van der Waals surface area contributed by atoms with E-state index in [9.17, 15) is 8.42 Å². The Bertz CT molecular complexity index is 1010. The van der Waals surface area contributed by atoms with Crippen molar-refractivity contribution in [2.45, 2.75) is 18.5 Å². The molecule has 26 heavy (non-hydrogen) atoms. The van der Waals surface area contributed by atoms with Gasteiger partial charge in [0, 0.05) is 26.2 Å². The van der Waals surface area contributed by atoms with E-state index < -0.39 is 10.0 Å². The molecule has 0 spiro atoms. The van der Waals surface area contributed by atoms with Crippen LogP contribution >= 0.6 is 0 Å². The highest BCUT2D eigenvalue weighted by atomic mass is 32.2. The Balaban J connectivity index is 1.43. The van der Waals surface area contributed by atoms with E-state index in [1.54, 1.807) is 16.4 Å². The van der Waals surface area contributed by atoms with Crippen molar-refractivity contribution in [2.75, 3.05) is 26.2 Å². The number of fused-ring (bicyclic) bond motifs is 1. The SMILES string of the molecule is Cc1ccc(S(=O)(=O)N2CCN(Cn3nnc4ccccc43)CC2)cc1. The van der Waals surface area contributed by atoms with Gasteiger partial charge in [-0.1, -0.05) is 35.0 Å². The van der Waals surface area contributed by atoms with E-state index in [1.165, 1.54) is 0 Å². The maximum absolute atomic E-state index is 12.8. The van der Waals surface area contributed by atoms with Crippen molar-refractivity contribution in [3.05, 3.63) is 54.1 Å². The van der Waals surface area contributed by atoms with E-state index in [0.29, 0.717) is 37.7 Å². The predicted octanol–water partition coefficient (Wildman–Crippen LogP) is 1.70. The molecule has 0 atom stereocenters. The van der Waals surface area contributed by atoms with E-state index in [4.69, 9.17) is 0 Å². The quantitative estimate of drug-likeness (QED) is 0.698. The molecule has 1 aromatic heterocycles. The predicted molar refractivity (Wildman–Crippen MR) is 99.0 cm³/mol. The lowest BCUT2D eigenvalue weighted by Crippen LogP contribution is -2.48. The van der Waals surface area contributed by atoms with Gasteiger partial charge in [-0.2, -0.15) is 4.31 Å². The molecule has 0 saturated carbocycles. The summed E-state index contributed by atoms with van der Waals surface area (Å²) in [7, 11) is -3.43. The largest absolute Gasteiger partial charge is 0.282 e. The summed E-state index contributed by atoms with van der Waals surface area (Å²) in [6.07, 6.45) is 0. The molecule has 0 aliphatic carbocycles. The van der Waals surface area contributed by atoms with Crippen molar-refractivity contribution in [3.8, 4) is 0 Å². The number of nitrogens with zero attached hydrogens (tertiary/aromatic N) is 5. The second-order valence-electron chi connectivity index (χ2n) is 6.55. The van der Waals surface area contributed by atoms with Crippen LogP contribution in [-0.2, 0) is 16.7 Å². The summed E-state index contributed by atoms with van der Waals surface area (Å²) in [6, 6.07) is 14.9. The van der Waals surface area contributed by atoms with Crippen LogP contribution in [0.3, 0.4) is 0 Å². The van der Waals surface area contributed by atoms with E-state index in [-0.39, 0.29) is 0 Å². The molecule has 136 valence electrons. The molecule has 0 radical (unpaired) electrons. The molecule has 4 rings (SSSR count). The molecule has 0 bridgehead atoms. The topological polar surface area (TPSA) is 71.3 Å². The number of rotatable bonds is 4. The smallest absolute Gasteiger partial charge is 0.243 e. The summed E-state index contributed by atoms with van der Waals surface area (Å²) in [5, 5.41) is 8.37. The number of para-hydroxylation sites is 1. The average molecular weight is 371 g/mol. The van der Waals surface area contributed by atoms with Gasteiger partial charge < -0.3 is 0 Å². The lowest BCUT2D eigenvalue weighted by atomic mass is 10.2. The Morgan fingerprint density at radius 1 is 0.962 bits per heavy atom. The normalized spacial score (nSPS) is 17.0. The molecule has 0 unspecified atom stereocenters. The molecular formula is C18H21N5O2S. The summed E-state index contributed by atoms with van der Waals surface area (Å²) in [5.74, 6) is 0. The third kappa shape index (κ3) is 3.23. The van der Waals surface area contributed by atoms with Gasteiger partial charge in [-0.05, 0) is 31.2 Å². The molecule has 0 amide bonds. The summed E-state index contributed by atoms with van der Waals surface area (Å²) in [5.41, 5.74) is 2.91. The van der Waals surface area contributed by atoms with Crippen LogP contribution in [0, 0.1) is 6.92 Å². The van der Waals surface area contributed by atoms with Crippen molar-refractivity contribution in [1.82, 2.24) is 24.2 Å². The van der Waals surface area contributed by atoms with Crippen LogP contribution in [0.15, 0.2) is 53.4 Å². The lowest BCUT2D eigenvalue weighted by Gasteiger charge is -2.33. The van der Waals surface area contributed by atoms with Gasteiger partial charge >= 0.3 is 0 Å². The van der Waals surface area contributed by atoms with Gasteiger partial charge in [0.15, 0.2) is 0 Å². The highest BCUT2D eigenvalue weighted by molar-refractivity contribution is 7.89. The first-order chi connectivity index (χ1) is 12.5. The molecule has 1 aliphatic heterocycles. The van der Waals surface area contributed by atoms with Crippen molar-refractivity contribution >= 4 is 21.1 Å². The fourth-order valence-electron chi connectivity index (χ4n) is 3.18. The maximum atomic E-state index is 12.8. The van der Waals surface area contributed by atoms with Crippen LogP contribution in [0.4, 0.5) is 0 Å². The van der Waals surface area contributed by atoms with E-state index in [2.05, 4.69) is 15.2 Å². The van der Waals surface area contributed by atoms with Crippen molar-refractivity contribution in [1.29, 1.82) is 0 Å². The Morgan fingerprint density at radius 3 is 2.38 bits per heavy atom. The van der Waals surface area contributed by atoms with Crippen LogP contribution in [0.25, 0.3) is 11.0 Å². The Hall–Kier alpha value is -2.29. The average Bonchev–Trinajstić information content (AvgIpc) is 3.06. The van der Waals surface area contributed by atoms with Gasteiger partial charge in [0.25, 0.3) is 0 Å². The van der Waals surface area contributed by atoms with Crippen molar-refractivity contribution < 1.29 is 8.42 Å². The molecule has 1 aliphatic rings. The molecule has 0 N–H and O–H groups in total. The number of hydrogen-bond acceptors (Lipinski definition) is 5. The molecule has 2 heterocycles. The Labute approximate surface area is 152 Å². The Morgan fingerprint density at radius 2 is 1.65 bits per heavy atom. The van der Waals surface area contributed by atoms with Crippen molar-refractivity contribution in [2.24, 2.45) is 0 Å². The second kappa shape index (κ2) is 6.79. The van der Waals surface area contributed by atoms with Crippen LogP contribution < -0.4 is 0 Å². The highest BCUT2D eigenvalue weighted by Crippen LogP contribution is 2.19. The van der Waals surface area contributed by atoms with Crippen LogP contribution in [-0.4, -0.2) is 58.8 Å². The zero-order valence-corrected chi connectivity index (χ0v) is 15.4.